The van der Waals surface area contributed by atoms with Crippen LogP contribution in [0.4, 0.5) is 0 Å². The van der Waals surface area contributed by atoms with Crippen LogP contribution in [0.5, 0.6) is 0 Å². The second-order valence-electron chi connectivity index (χ2n) is 13.3. The molecule has 174 valence electrons. The van der Waals surface area contributed by atoms with Crippen LogP contribution in [0.15, 0.2) is 0 Å². The van der Waals surface area contributed by atoms with Crippen molar-refractivity contribution in [1.82, 2.24) is 0 Å². The van der Waals surface area contributed by atoms with E-state index in [1.807, 2.05) is 6.92 Å². The number of hydrogen-bond acceptors (Lipinski definition) is 2. The van der Waals surface area contributed by atoms with E-state index < -0.39 is 5.60 Å². The van der Waals surface area contributed by atoms with Gasteiger partial charge in [-0.25, -0.2) is 0 Å². The lowest BCUT2D eigenvalue weighted by Gasteiger charge is -2.61. The molecule has 2 nitrogen and oxygen atoms in total. The molecule has 0 aromatic rings. The Bertz CT molecular complexity index is 612. The Labute approximate surface area is 186 Å². The number of rotatable bonds is 5. The van der Waals surface area contributed by atoms with Gasteiger partial charge in [0.05, 0.1) is 11.7 Å². The molecule has 30 heavy (non-hydrogen) atoms. The second-order valence-corrected chi connectivity index (χ2v) is 13.3. The van der Waals surface area contributed by atoms with E-state index in [2.05, 4.69) is 34.6 Å². The second kappa shape index (κ2) is 8.05. The molecule has 0 aliphatic heterocycles. The average Bonchev–Trinajstić information content (AvgIpc) is 3.04. The fourth-order valence-electron chi connectivity index (χ4n) is 9.22. The van der Waals surface area contributed by atoms with Crippen LogP contribution in [0.2, 0.25) is 0 Å². The molecule has 0 aromatic carbocycles. The third-order valence-corrected chi connectivity index (χ3v) is 11.7. The van der Waals surface area contributed by atoms with Crippen molar-refractivity contribution in [3.63, 3.8) is 0 Å². The van der Waals surface area contributed by atoms with Gasteiger partial charge in [-0.05, 0) is 130 Å². The molecule has 4 unspecified atom stereocenters. The lowest BCUT2D eigenvalue weighted by atomic mass is 9.44. The molecule has 0 radical (unpaired) electrons. The summed E-state index contributed by atoms with van der Waals surface area (Å²) >= 11 is 0. The summed E-state index contributed by atoms with van der Waals surface area (Å²) in [7, 11) is 0. The summed E-state index contributed by atoms with van der Waals surface area (Å²) in [6, 6.07) is 0. The molecule has 2 heteroatoms. The van der Waals surface area contributed by atoms with Crippen LogP contribution >= 0.6 is 0 Å². The third kappa shape index (κ3) is 3.70. The summed E-state index contributed by atoms with van der Waals surface area (Å²) in [6.07, 6.45) is 13.9. The van der Waals surface area contributed by atoms with Crippen LogP contribution in [0, 0.1) is 52.3 Å². The molecular formula is C28H50O2. The average molecular weight is 419 g/mol. The molecule has 4 aliphatic carbocycles. The van der Waals surface area contributed by atoms with Crippen LogP contribution in [-0.4, -0.2) is 21.9 Å². The minimum absolute atomic E-state index is 0.0340. The summed E-state index contributed by atoms with van der Waals surface area (Å²) in [5, 5.41) is 21.0. The summed E-state index contributed by atoms with van der Waals surface area (Å²) in [4.78, 5) is 0. The molecule has 4 aliphatic rings. The third-order valence-electron chi connectivity index (χ3n) is 11.7. The molecule has 4 saturated carbocycles. The number of hydrogen-bond donors (Lipinski definition) is 2. The highest BCUT2D eigenvalue weighted by molar-refractivity contribution is 5.09. The largest absolute Gasteiger partial charge is 0.393 e. The molecule has 2 N–H and O–H groups in total. The maximum absolute atomic E-state index is 10.8. The summed E-state index contributed by atoms with van der Waals surface area (Å²) in [6.45, 7) is 14.1. The van der Waals surface area contributed by atoms with Gasteiger partial charge >= 0.3 is 0 Å². The molecule has 0 spiro atoms. The van der Waals surface area contributed by atoms with Crippen molar-refractivity contribution in [2.75, 3.05) is 0 Å². The predicted molar refractivity (Wildman–Crippen MR) is 125 cm³/mol. The molecule has 4 rings (SSSR count). The fourth-order valence-corrected chi connectivity index (χ4v) is 9.22. The maximum Gasteiger partial charge on any atom is 0.0642 e. The quantitative estimate of drug-likeness (QED) is 0.513. The van der Waals surface area contributed by atoms with Crippen LogP contribution in [-0.2, 0) is 0 Å². The molecule has 0 aromatic heterocycles. The first kappa shape index (κ1) is 23.1. The van der Waals surface area contributed by atoms with Crippen LogP contribution in [0.1, 0.15) is 112 Å². The van der Waals surface area contributed by atoms with Gasteiger partial charge < -0.3 is 10.2 Å². The SMILES string of the molecule is CC(C)C(C)(O)CC[C@@H](C)[C@H]1CCC2[C@@H]3CCC4C[C@@H](O)CC[C@]4(C)C3CC[C@@]21C. The summed E-state index contributed by atoms with van der Waals surface area (Å²) in [5.41, 5.74) is 0.480. The van der Waals surface area contributed by atoms with E-state index in [4.69, 9.17) is 0 Å². The molecule has 0 amide bonds. The van der Waals surface area contributed by atoms with E-state index in [1.54, 1.807) is 0 Å². The Kier molecular flexibility index (Phi) is 6.20. The normalized spacial score (nSPS) is 49.1. The van der Waals surface area contributed by atoms with Crippen molar-refractivity contribution >= 4 is 0 Å². The van der Waals surface area contributed by atoms with E-state index in [-0.39, 0.29) is 6.10 Å². The van der Waals surface area contributed by atoms with Gasteiger partial charge in [-0.1, -0.05) is 34.6 Å². The van der Waals surface area contributed by atoms with Crippen molar-refractivity contribution in [2.24, 2.45) is 52.3 Å². The smallest absolute Gasteiger partial charge is 0.0642 e. The first-order chi connectivity index (χ1) is 14.0. The fraction of sp³-hybridized carbons (Fsp3) is 1.00. The van der Waals surface area contributed by atoms with Gasteiger partial charge in [0.2, 0.25) is 0 Å². The highest BCUT2D eigenvalue weighted by atomic mass is 16.3. The lowest BCUT2D eigenvalue weighted by Crippen LogP contribution is -2.54. The van der Waals surface area contributed by atoms with Crippen LogP contribution in [0.3, 0.4) is 0 Å². The van der Waals surface area contributed by atoms with Crippen LogP contribution in [0.25, 0.3) is 0 Å². The molecule has 10 atom stereocenters. The van der Waals surface area contributed by atoms with Crippen molar-refractivity contribution < 1.29 is 10.2 Å². The van der Waals surface area contributed by atoms with Crippen molar-refractivity contribution in [1.29, 1.82) is 0 Å². The van der Waals surface area contributed by atoms with Gasteiger partial charge in [0, 0.05) is 0 Å². The first-order valence-electron chi connectivity index (χ1n) is 13.4. The molecule has 0 heterocycles. The zero-order valence-corrected chi connectivity index (χ0v) is 20.8. The Morgan fingerprint density at radius 3 is 2.27 bits per heavy atom. The Morgan fingerprint density at radius 1 is 0.900 bits per heavy atom. The molecule has 0 saturated heterocycles. The Hall–Kier alpha value is -0.0800. The number of aliphatic hydroxyl groups is 2. The minimum Gasteiger partial charge on any atom is -0.393 e. The van der Waals surface area contributed by atoms with Crippen molar-refractivity contribution in [3.05, 3.63) is 0 Å². The van der Waals surface area contributed by atoms with E-state index in [9.17, 15) is 10.2 Å². The topological polar surface area (TPSA) is 40.5 Å². The monoisotopic (exact) mass is 418 g/mol. The van der Waals surface area contributed by atoms with Gasteiger partial charge in [-0.2, -0.15) is 0 Å². The molecule has 0 bridgehead atoms. The van der Waals surface area contributed by atoms with Gasteiger partial charge in [0.1, 0.15) is 0 Å². The molecule has 4 fully saturated rings. The number of fused-ring (bicyclic) bond motifs is 5. The lowest BCUT2D eigenvalue weighted by molar-refractivity contribution is -0.129. The van der Waals surface area contributed by atoms with E-state index in [0.29, 0.717) is 16.7 Å². The zero-order chi connectivity index (χ0) is 21.9. The summed E-state index contributed by atoms with van der Waals surface area (Å²) < 4.78 is 0. The first-order valence-corrected chi connectivity index (χ1v) is 13.4. The predicted octanol–water partition coefficient (Wildman–Crippen LogP) is 6.83. The molecular weight excluding hydrogens is 368 g/mol. The van der Waals surface area contributed by atoms with Gasteiger partial charge in [-0.15, -0.1) is 0 Å². The Balaban J connectivity index is 1.46. The van der Waals surface area contributed by atoms with Gasteiger partial charge in [-0.3, -0.25) is 0 Å². The van der Waals surface area contributed by atoms with E-state index >= 15 is 0 Å². The standard InChI is InChI=1S/C28H50O2/c1-18(2)28(6,30)16-11-19(3)23-9-10-24-22-8-7-20-17-21(29)12-14-26(20,4)25(22)13-15-27(23,24)5/h18-25,29-30H,7-17H2,1-6H3/t19-,20?,21+,22+,23-,24?,25?,26+,27-,28?/m1/s1. The minimum atomic E-state index is -0.524. The maximum atomic E-state index is 10.8. The zero-order valence-electron chi connectivity index (χ0n) is 20.8. The van der Waals surface area contributed by atoms with Gasteiger partial charge in [0.15, 0.2) is 0 Å². The Morgan fingerprint density at radius 2 is 1.57 bits per heavy atom. The van der Waals surface area contributed by atoms with Crippen molar-refractivity contribution in [2.45, 2.75) is 124 Å². The highest BCUT2D eigenvalue weighted by Crippen LogP contribution is 2.68. The number of aliphatic hydroxyl groups excluding tert-OH is 1. The van der Waals surface area contributed by atoms with E-state index in [1.165, 1.54) is 51.4 Å². The van der Waals surface area contributed by atoms with Crippen LogP contribution < -0.4 is 0 Å². The summed E-state index contributed by atoms with van der Waals surface area (Å²) in [5.74, 6) is 5.40. The van der Waals surface area contributed by atoms with Crippen molar-refractivity contribution in [3.8, 4) is 0 Å². The van der Waals surface area contributed by atoms with E-state index in [0.717, 1.165) is 54.8 Å². The van der Waals surface area contributed by atoms with Gasteiger partial charge in [0.25, 0.3) is 0 Å². The highest BCUT2D eigenvalue weighted by Gasteiger charge is 2.60.